The lowest BCUT2D eigenvalue weighted by molar-refractivity contribution is 0.199. The van der Waals surface area contributed by atoms with Crippen LogP contribution in [0.5, 0.6) is 0 Å². The molecule has 2 aliphatic rings. The van der Waals surface area contributed by atoms with Gasteiger partial charge in [0.05, 0.1) is 11.8 Å². The number of hydrogen-bond acceptors (Lipinski definition) is 6. The quantitative estimate of drug-likeness (QED) is 0.708. The van der Waals surface area contributed by atoms with Crippen LogP contribution >= 0.6 is 0 Å². The first-order valence-corrected chi connectivity index (χ1v) is 10.7. The Bertz CT molecular complexity index is 993. The van der Waals surface area contributed by atoms with Crippen molar-refractivity contribution in [1.82, 2.24) is 15.2 Å². The first kappa shape index (κ1) is 18.6. The Hall–Kier alpha value is -2.44. The van der Waals surface area contributed by atoms with Gasteiger partial charge in [-0.1, -0.05) is 18.2 Å². The highest BCUT2D eigenvalue weighted by molar-refractivity contribution is 5.93. The summed E-state index contributed by atoms with van der Waals surface area (Å²) >= 11 is 0. The van der Waals surface area contributed by atoms with Crippen LogP contribution in [-0.4, -0.2) is 52.5 Å². The van der Waals surface area contributed by atoms with Crippen molar-refractivity contribution in [2.24, 2.45) is 0 Å². The minimum Gasteiger partial charge on any atom is -0.389 e. The third kappa shape index (κ3) is 3.63. The summed E-state index contributed by atoms with van der Waals surface area (Å²) in [7, 11) is 0. The second kappa shape index (κ2) is 7.76. The average molecular weight is 393 g/mol. The highest BCUT2D eigenvalue weighted by Gasteiger charge is 2.30. The second-order valence-corrected chi connectivity index (χ2v) is 8.43. The van der Waals surface area contributed by atoms with Crippen LogP contribution in [0.4, 0.5) is 5.69 Å². The van der Waals surface area contributed by atoms with Gasteiger partial charge in [-0.15, -0.1) is 0 Å². The lowest BCUT2D eigenvalue weighted by Crippen LogP contribution is -2.39. The summed E-state index contributed by atoms with van der Waals surface area (Å²) in [6.07, 6.45) is 4.56. The van der Waals surface area contributed by atoms with Crippen LogP contribution in [0.2, 0.25) is 0 Å². The van der Waals surface area contributed by atoms with Gasteiger partial charge < -0.3 is 14.9 Å². The number of aliphatic hydroxyl groups is 1. The highest BCUT2D eigenvalue weighted by atomic mass is 16.6. The molecule has 0 bridgehead atoms. The minimum atomic E-state index is -0.490. The number of anilines is 1. The summed E-state index contributed by atoms with van der Waals surface area (Å²) in [4.78, 5) is 5.10. The predicted octanol–water partition coefficient (Wildman–Crippen LogP) is 4.01. The molecule has 2 atom stereocenters. The van der Waals surface area contributed by atoms with E-state index in [2.05, 4.69) is 38.3 Å². The van der Waals surface area contributed by atoms with Gasteiger partial charge >= 0.3 is 0 Å². The van der Waals surface area contributed by atoms with E-state index in [1.54, 1.807) is 6.92 Å². The number of benzene rings is 2. The van der Waals surface area contributed by atoms with Crippen molar-refractivity contribution in [1.29, 1.82) is 0 Å². The largest absolute Gasteiger partial charge is 0.389 e. The zero-order valence-corrected chi connectivity index (χ0v) is 16.9. The summed E-state index contributed by atoms with van der Waals surface area (Å²) < 4.78 is 5.11. The third-order valence-electron chi connectivity index (χ3n) is 6.40. The lowest BCUT2D eigenvalue weighted by Gasteiger charge is -2.30. The molecular weight excluding hydrogens is 364 g/mol. The molecule has 6 nitrogen and oxygen atoms in total. The Morgan fingerprint density at radius 3 is 2.76 bits per heavy atom. The predicted molar refractivity (Wildman–Crippen MR) is 114 cm³/mol. The number of likely N-dealkylation sites (tertiary alicyclic amines) is 1. The number of nitrogens with zero attached hydrogens (tertiary/aromatic N) is 4. The molecule has 3 aromatic rings. The van der Waals surface area contributed by atoms with Crippen LogP contribution in [0.25, 0.3) is 22.2 Å². The molecule has 0 saturated carbocycles. The average Bonchev–Trinajstić information content (AvgIpc) is 3.49. The summed E-state index contributed by atoms with van der Waals surface area (Å²) in [5.74, 6) is 0. The molecule has 0 radical (unpaired) electrons. The minimum absolute atomic E-state index is 0.490. The first-order valence-electron chi connectivity index (χ1n) is 10.7. The molecule has 5 rings (SSSR count). The SMILES string of the molecule is CC(O)c1cccc(-c2cc(N3CCC[C@H]3CN3CCCC3)c3nonc3c2)c1. The van der Waals surface area contributed by atoms with Crippen molar-refractivity contribution in [2.45, 2.75) is 44.8 Å². The van der Waals surface area contributed by atoms with Crippen LogP contribution in [0.3, 0.4) is 0 Å². The van der Waals surface area contributed by atoms with Crippen molar-refractivity contribution in [2.75, 3.05) is 31.1 Å². The van der Waals surface area contributed by atoms with Crippen LogP contribution in [0.1, 0.15) is 44.3 Å². The molecule has 0 spiro atoms. The molecule has 0 amide bonds. The zero-order chi connectivity index (χ0) is 19.8. The van der Waals surface area contributed by atoms with Crippen molar-refractivity contribution in [3.8, 4) is 11.1 Å². The van der Waals surface area contributed by atoms with E-state index in [1.165, 1.54) is 38.8 Å². The molecule has 6 heteroatoms. The van der Waals surface area contributed by atoms with Gasteiger partial charge in [0, 0.05) is 19.1 Å². The van der Waals surface area contributed by atoms with Gasteiger partial charge in [-0.05, 0) is 90.9 Å². The fraction of sp³-hybridized carbons (Fsp3) is 0.478. The Kier molecular flexibility index (Phi) is 4.97. The maximum Gasteiger partial charge on any atom is 0.158 e. The van der Waals surface area contributed by atoms with Gasteiger partial charge in [0.15, 0.2) is 5.52 Å². The van der Waals surface area contributed by atoms with Crippen molar-refractivity contribution in [3.05, 3.63) is 42.0 Å². The molecule has 152 valence electrons. The summed E-state index contributed by atoms with van der Waals surface area (Å²) in [5.41, 5.74) is 5.81. The lowest BCUT2D eigenvalue weighted by atomic mass is 9.99. The van der Waals surface area contributed by atoms with Gasteiger partial charge in [0.25, 0.3) is 0 Å². The van der Waals surface area contributed by atoms with Crippen LogP contribution in [0.15, 0.2) is 41.0 Å². The number of fused-ring (bicyclic) bond motifs is 1. The molecule has 2 aromatic carbocycles. The van der Waals surface area contributed by atoms with E-state index in [1.807, 2.05) is 18.2 Å². The molecule has 3 heterocycles. The van der Waals surface area contributed by atoms with E-state index >= 15 is 0 Å². The van der Waals surface area contributed by atoms with Gasteiger partial charge in [-0.25, -0.2) is 4.63 Å². The first-order chi connectivity index (χ1) is 14.2. The molecule has 2 fully saturated rings. The fourth-order valence-electron chi connectivity index (χ4n) is 4.84. The number of rotatable bonds is 5. The van der Waals surface area contributed by atoms with E-state index in [0.717, 1.165) is 46.5 Å². The summed E-state index contributed by atoms with van der Waals surface area (Å²) in [5, 5.41) is 18.4. The Morgan fingerprint density at radius 2 is 1.93 bits per heavy atom. The van der Waals surface area contributed by atoms with Gasteiger partial charge in [-0.3, -0.25) is 0 Å². The standard InChI is InChI=1S/C23H28N4O2/c1-16(28)17-6-4-7-18(12-17)19-13-21-23(25-29-24-21)22(14-19)27-11-5-8-20(27)15-26-9-2-3-10-26/h4,6-7,12-14,16,20,28H,2-3,5,8-11,15H2,1H3/t16?,20-/m0/s1. The van der Waals surface area contributed by atoms with Crippen molar-refractivity contribution in [3.63, 3.8) is 0 Å². The zero-order valence-electron chi connectivity index (χ0n) is 16.9. The fourth-order valence-corrected chi connectivity index (χ4v) is 4.84. The van der Waals surface area contributed by atoms with E-state index in [4.69, 9.17) is 4.63 Å². The monoisotopic (exact) mass is 392 g/mol. The molecule has 0 aliphatic carbocycles. The number of aliphatic hydroxyl groups excluding tert-OH is 1. The molecule has 2 saturated heterocycles. The molecule has 1 N–H and O–H groups in total. The summed E-state index contributed by atoms with van der Waals surface area (Å²) in [6, 6.07) is 12.8. The van der Waals surface area contributed by atoms with E-state index in [9.17, 15) is 5.11 Å². The van der Waals surface area contributed by atoms with Crippen molar-refractivity contribution >= 4 is 16.7 Å². The normalized spacial score (nSPS) is 21.3. The number of hydrogen-bond donors (Lipinski definition) is 1. The van der Waals surface area contributed by atoms with Crippen LogP contribution in [-0.2, 0) is 0 Å². The molecule has 1 aromatic heterocycles. The van der Waals surface area contributed by atoms with Crippen molar-refractivity contribution < 1.29 is 9.74 Å². The molecule has 1 unspecified atom stereocenters. The van der Waals surface area contributed by atoms with E-state index < -0.39 is 6.10 Å². The van der Waals surface area contributed by atoms with E-state index in [0.29, 0.717) is 6.04 Å². The Balaban J connectivity index is 1.53. The Labute approximate surface area is 171 Å². The highest BCUT2D eigenvalue weighted by Crippen LogP contribution is 2.36. The molecule has 29 heavy (non-hydrogen) atoms. The van der Waals surface area contributed by atoms with E-state index in [-0.39, 0.29) is 0 Å². The maximum atomic E-state index is 9.98. The van der Waals surface area contributed by atoms with Gasteiger partial charge in [0.1, 0.15) is 5.52 Å². The Morgan fingerprint density at radius 1 is 1.07 bits per heavy atom. The number of aromatic nitrogens is 2. The smallest absolute Gasteiger partial charge is 0.158 e. The second-order valence-electron chi connectivity index (χ2n) is 8.43. The molecule has 2 aliphatic heterocycles. The summed E-state index contributed by atoms with van der Waals surface area (Å²) in [6.45, 7) is 6.39. The van der Waals surface area contributed by atoms with Gasteiger partial charge in [-0.2, -0.15) is 0 Å². The maximum absolute atomic E-state index is 9.98. The van der Waals surface area contributed by atoms with Crippen LogP contribution in [0, 0.1) is 0 Å². The topological polar surface area (TPSA) is 65.6 Å². The van der Waals surface area contributed by atoms with Gasteiger partial charge in [0.2, 0.25) is 0 Å². The van der Waals surface area contributed by atoms with Crippen LogP contribution < -0.4 is 4.90 Å². The molecular formula is C23H28N4O2. The third-order valence-corrected chi connectivity index (χ3v) is 6.40.